The van der Waals surface area contributed by atoms with Crippen molar-refractivity contribution >= 4 is 11.9 Å². The number of carboxylic acid groups (broad SMARTS) is 1. The van der Waals surface area contributed by atoms with Crippen LogP contribution in [0.3, 0.4) is 0 Å². The lowest BCUT2D eigenvalue weighted by atomic mass is 10.2. The van der Waals surface area contributed by atoms with Crippen LogP contribution in [0.15, 0.2) is 10.6 Å². The minimum atomic E-state index is -1.11. The highest BCUT2D eigenvalue weighted by Gasteiger charge is 2.09. The van der Waals surface area contributed by atoms with E-state index in [0.29, 0.717) is 25.3 Å². The minimum absolute atomic E-state index is 0.101. The molecule has 1 amide bonds. The Labute approximate surface area is 98.0 Å². The maximum Gasteiger partial charge on any atom is 0.358 e. The normalized spacial score (nSPS) is 10.4. The lowest BCUT2D eigenvalue weighted by molar-refractivity contribution is -0.118. The number of hydrogen-bond acceptors (Lipinski definition) is 5. The average molecular weight is 241 g/mol. The number of amides is 1. The predicted molar refractivity (Wildman–Crippen MR) is 58.2 cm³/mol. The number of nitrogens with two attached hydrogens (primary N) is 1. The number of nitrogens with zero attached hydrogens (tertiary/aromatic N) is 1. The molecular formula is C10H15N3O4. The molecule has 17 heavy (non-hydrogen) atoms. The molecule has 4 N–H and O–H groups in total. The maximum absolute atomic E-state index is 10.5. The number of primary amides is 1. The maximum atomic E-state index is 10.5. The number of unbranched alkanes of at least 4 members (excludes halogenated alkanes) is 1. The fourth-order valence-electron chi connectivity index (χ4n) is 1.26. The molecule has 0 aromatic carbocycles. The first-order chi connectivity index (χ1) is 8.09. The van der Waals surface area contributed by atoms with Crippen molar-refractivity contribution in [2.45, 2.75) is 25.8 Å². The zero-order valence-corrected chi connectivity index (χ0v) is 9.31. The fraction of sp³-hybridized carbons (Fsp3) is 0.500. The third kappa shape index (κ3) is 5.12. The largest absolute Gasteiger partial charge is 0.476 e. The first-order valence-corrected chi connectivity index (χ1v) is 5.27. The van der Waals surface area contributed by atoms with Gasteiger partial charge in [-0.1, -0.05) is 5.16 Å². The lowest BCUT2D eigenvalue weighted by Crippen LogP contribution is -2.15. The smallest absolute Gasteiger partial charge is 0.358 e. The molecule has 1 aromatic heterocycles. The summed E-state index contributed by atoms with van der Waals surface area (Å²) >= 11 is 0. The second-order valence-corrected chi connectivity index (χ2v) is 3.58. The Kier molecular flexibility index (Phi) is 5.15. The number of nitrogens with one attached hydrogen (secondary N) is 1. The van der Waals surface area contributed by atoms with Crippen molar-refractivity contribution in [1.29, 1.82) is 0 Å². The molecule has 0 spiro atoms. The molecule has 1 rings (SSSR count). The van der Waals surface area contributed by atoms with E-state index < -0.39 is 5.97 Å². The Balaban J connectivity index is 2.13. The molecule has 0 aliphatic carbocycles. The molecule has 1 aromatic rings. The number of carbonyl (C=O) groups is 2. The monoisotopic (exact) mass is 241 g/mol. The third-order valence-corrected chi connectivity index (χ3v) is 2.10. The standard InChI is InChI=1S/C10H15N3O4/c11-9(14)3-1-2-4-12-6-7-5-8(10(15)16)13-17-7/h5,12H,1-4,6H2,(H2,11,14)(H,15,16). The van der Waals surface area contributed by atoms with Crippen molar-refractivity contribution in [2.24, 2.45) is 5.73 Å². The van der Waals surface area contributed by atoms with Crippen LogP contribution in [0.5, 0.6) is 0 Å². The van der Waals surface area contributed by atoms with Gasteiger partial charge in [-0.25, -0.2) is 4.79 Å². The molecular weight excluding hydrogens is 226 g/mol. The first-order valence-electron chi connectivity index (χ1n) is 5.27. The van der Waals surface area contributed by atoms with Crippen molar-refractivity contribution < 1.29 is 19.2 Å². The van der Waals surface area contributed by atoms with Crippen LogP contribution in [0, 0.1) is 0 Å². The van der Waals surface area contributed by atoms with Gasteiger partial charge in [0.05, 0.1) is 6.54 Å². The number of aromatic carboxylic acids is 1. The topological polar surface area (TPSA) is 118 Å². The Bertz CT molecular complexity index is 389. The number of rotatable bonds is 8. The predicted octanol–water partition coefficient (Wildman–Crippen LogP) is 0.118. The summed E-state index contributed by atoms with van der Waals surface area (Å²) in [7, 11) is 0. The van der Waals surface area contributed by atoms with Gasteiger partial charge in [0, 0.05) is 12.5 Å². The average Bonchev–Trinajstić information content (AvgIpc) is 2.71. The number of aromatic nitrogens is 1. The van der Waals surface area contributed by atoms with Crippen LogP contribution >= 0.6 is 0 Å². The molecule has 7 heteroatoms. The second kappa shape index (κ2) is 6.64. The summed E-state index contributed by atoms with van der Waals surface area (Å²) in [6.07, 6.45) is 1.94. The van der Waals surface area contributed by atoms with Gasteiger partial charge in [-0.3, -0.25) is 4.79 Å². The Morgan fingerprint density at radius 3 is 2.82 bits per heavy atom. The van der Waals surface area contributed by atoms with Crippen LogP contribution in [0.1, 0.15) is 35.5 Å². The van der Waals surface area contributed by atoms with E-state index in [9.17, 15) is 9.59 Å². The fourth-order valence-corrected chi connectivity index (χ4v) is 1.26. The van der Waals surface area contributed by atoms with Crippen LogP contribution in [-0.2, 0) is 11.3 Å². The summed E-state index contributed by atoms with van der Waals surface area (Å²) < 4.78 is 4.80. The number of carboxylic acids is 1. The lowest BCUT2D eigenvalue weighted by Gasteiger charge is -2.00. The minimum Gasteiger partial charge on any atom is -0.476 e. The van der Waals surface area contributed by atoms with E-state index in [0.717, 1.165) is 12.8 Å². The summed E-state index contributed by atoms with van der Waals surface area (Å²) in [5.74, 6) is -0.940. The molecule has 1 heterocycles. The van der Waals surface area contributed by atoms with Crippen molar-refractivity contribution in [3.05, 3.63) is 17.5 Å². The van der Waals surface area contributed by atoms with E-state index in [1.54, 1.807) is 0 Å². The van der Waals surface area contributed by atoms with Crippen LogP contribution in [-0.4, -0.2) is 28.7 Å². The molecule has 0 aliphatic heterocycles. The second-order valence-electron chi connectivity index (χ2n) is 3.58. The van der Waals surface area contributed by atoms with Gasteiger partial charge in [-0.05, 0) is 19.4 Å². The van der Waals surface area contributed by atoms with E-state index in [1.807, 2.05) is 0 Å². The molecule has 0 radical (unpaired) electrons. The summed E-state index contributed by atoms with van der Waals surface area (Å²) in [5.41, 5.74) is 4.89. The molecule has 0 saturated carbocycles. The highest BCUT2D eigenvalue weighted by atomic mass is 16.5. The van der Waals surface area contributed by atoms with Crippen LogP contribution in [0.2, 0.25) is 0 Å². The van der Waals surface area contributed by atoms with Crippen molar-refractivity contribution in [1.82, 2.24) is 10.5 Å². The van der Waals surface area contributed by atoms with Gasteiger partial charge in [0.15, 0.2) is 11.5 Å². The molecule has 7 nitrogen and oxygen atoms in total. The van der Waals surface area contributed by atoms with Crippen LogP contribution in [0.4, 0.5) is 0 Å². The van der Waals surface area contributed by atoms with Gasteiger partial charge in [-0.2, -0.15) is 0 Å². The van der Waals surface area contributed by atoms with Gasteiger partial charge in [0.25, 0.3) is 0 Å². The van der Waals surface area contributed by atoms with Gasteiger partial charge < -0.3 is 20.7 Å². The van der Waals surface area contributed by atoms with E-state index in [4.69, 9.17) is 15.4 Å². The number of hydrogen-bond donors (Lipinski definition) is 3. The van der Waals surface area contributed by atoms with Gasteiger partial charge >= 0.3 is 5.97 Å². The first kappa shape index (κ1) is 13.2. The number of carbonyl (C=O) groups excluding carboxylic acids is 1. The van der Waals surface area contributed by atoms with Gasteiger partial charge in [0.2, 0.25) is 5.91 Å². The highest BCUT2D eigenvalue weighted by molar-refractivity contribution is 5.85. The van der Waals surface area contributed by atoms with Crippen molar-refractivity contribution in [3.63, 3.8) is 0 Å². The van der Waals surface area contributed by atoms with Gasteiger partial charge in [-0.15, -0.1) is 0 Å². The Morgan fingerprint density at radius 1 is 1.47 bits per heavy atom. The Morgan fingerprint density at radius 2 is 2.24 bits per heavy atom. The van der Waals surface area contributed by atoms with Crippen LogP contribution < -0.4 is 11.1 Å². The summed E-state index contributed by atoms with van der Waals surface area (Å²) in [6.45, 7) is 1.12. The molecule has 0 saturated heterocycles. The van der Waals surface area contributed by atoms with E-state index in [2.05, 4.69) is 10.5 Å². The molecule has 0 bridgehead atoms. The summed E-state index contributed by atoms with van der Waals surface area (Å²) in [4.78, 5) is 20.9. The highest BCUT2D eigenvalue weighted by Crippen LogP contribution is 2.03. The molecule has 94 valence electrons. The molecule has 0 fully saturated rings. The summed E-state index contributed by atoms with van der Waals surface area (Å²) in [6, 6.07) is 1.37. The third-order valence-electron chi connectivity index (χ3n) is 2.10. The molecule has 0 aliphatic rings. The zero-order chi connectivity index (χ0) is 12.7. The zero-order valence-electron chi connectivity index (χ0n) is 9.31. The van der Waals surface area contributed by atoms with E-state index >= 15 is 0 Å². The van der Waals surface area contributed by atoms with E-state index in [1.165, 1.54) is 6.07 Å². The van der Waals surface area contributed by atoms with Crippen molar-refractivity contribution in [2.75, 3.05) is 6.54 Å². The SMILES string of the molecule is NC(=O)CCCCNCc1cc(C(=O)O)no1. The molecule has 0 atom stereocenters. The van der Waals surface area contributed by atoms with Gasteiger partial charge in [0.1, 0.15) is 0 Å². The molecule has 0 unspecified atom stereocenters. The summed E-state index contributed by atoms with van der Waals surface area (Å²) in [5, 5.41) is 15.0. The van der Waals surface area contributed by atoms with E-state index in [-0.39, 0.29) is 11.6 Å². The quantitative estimate of drug-likeness (QED) is 0.556. The Hall–Kier alpha value is -1.89. The van der Waals surface area contributed by atoms with Crippen LogP contribution in [0.25, 0.3) is 0 Å². The van der Waals surface area contributed by atoms with Crippen molar-refractivity contribution in [3.8, 4) is 0 Å².